The van der Waals surface area contributed by atoms with E-state index in [0.29, 0.717) is 18.0 Å². The molecule has 128 valence electrons. The lowest BCUT2D eigenvalue weighted by Crippen LogP contribution is -2.37. The lowest BCUT2D eigenvalue weighted by molar-refractivity contribution is -0.129. The second kappa shape index (κ2) is 8.10. The molecule has 0 fully saturated rings. The summed E-state index contributed by atoms with van der Waals surface area (Å²) in [6.45, 7) is 5.95. The number of nitrogens with one attached hydrogen (secondary N) is 1. The fourth-order valence-electron chi connectivity index (χ4n) is 1.77. The number of carbonyl (C=O) groups excluding carboxylic acids is 2. The van der Waals surface area contributed by atoms with Crippen molar-refractivity contribution in [3.63, 3.8) is 0 Å². The third-order valence-corrected chi connectivity index (χ3v) is 3.81. The molecule has 0 spiro atoms. The molecule has 0 radical (unpaired) electrons. The SMILES string of the molecule is CC(C)CNC(=O)[C@H](C)OC(=O)c1ccc(CS(C)(=O)=O)cc1. The lowest BCUT2D eigenvalue weighted by Gasteiger charge is -2.14. The summed E-state index contributed by atoms with van der Waals surface area (Å²) in [5.41, 5.74) is 0.859. The van der Waals surface area contributed by atoms with Crippen LogP contribution in [0, 0.1) is 5.92 Å². The average Bonchev–Trinajstić information content (AvgIpc) is 2.43. The average molecular weight is 341 g/mol. The van der Waals surface area contributed by atoms with Crippen LogP contribution in [0.2, 0.25) is 0 Å². The molecule has 0 saturated heterocycles. The topological polar surface area (TPSA) is 89.5 Å². The largest absolute Gasteiger partial charge is 0.449 e. The minimum absolute atomic E-state index is 0.0870. The van der Waals surface area contributed by atoms with Crippen LogP contribution in [0.4, 0.5) is 0 Å². The number of sulfone groups is 1. The van der Waals surface area contributed by atoms with Crippen molar-refractivity contribution in [1.82, 2.24) is 5.32 Å². The molecule has 1 rings (SSSR count). The third-order valence-electron chi connectivity index (χ3n) is 2.96. The Morgan fingerprint density at radius 3 is 2.17 bits per heavy atom. The van der Waals surface area contributed by atoms with E-state index in [1.807, 2.05) is 13.8 Å². The van der Waals surface area contributed by atoms with Gasteiger partial charge in [0.25, 0.3) is 5.91 Å². The normalized spacial score (nSPS) is 12.7. The van der Waals surface area contributed by atoms with Crippen LogP contribution in [0.15, 0.2) is 24.3 Å². The van der Waals surface area contributed by atoms with Gasteiger partial charge in [-0.2, -0.15) is 0 Å². The molecule has 1 N–H and O–H groups in total. The fourth-order valence-corrected chi connectivity index (χ4v) is 2.57. The minimum atomic E-state index is -3.12. The molecule has 23 heavy (non-hydrogen) atoms. The Labute approximate surface area is 137 Å². The van der Waals surface area contributed by atoms with Crippen LogP contribution < -0.4 is 5.32 Å². The van der Waals surface area contributed by atoms with Gasteiger partial charge in [-0.05, 0) is 30.5 Å². The van der Waals surface area contributed by atoms with Crippen molar-refractivity contribution in [2.24, 2.45) is 5.92 Å². The Balaban J connectivity index is 2.62. The molecule has 1 aromatic carbocycles. The number of rotatable bonds is 7. The van der Waals surface area contributed by atoms with Gasteiger partial charge < -0.3 is 10.1 Å². The monoisotopic (exact) mass is 341 g/mol. The first kappa shape index (κ1) is 19.2. The predicted octanol–water partition coefficient (Wildman–Crippen LogP) is 1.55. The first-order valence-electron chi connectivity index (χ1n) is 7.34. The van der Waals surface area contributed by atoms with Crippen LogP contribution in [0.25, 0.3) is 0 Å². The van der Waals surface area contributed by atoms with E-state index in [1.165, 1.54) is 19.1 Å². The first-order valence-corrected chi connectivity index (χ1v) is 9.40. The smallest absolute Gasteiger partial charge is 0.338 e. The van der Waals surface area contributed by atoms with E-state index in [1.54, 1.807) is 12.1 Å². The zero-order valence-electron chi connectivity index (χ0n) is 13.8. The highest BCUT2D eigenvalue weighted by atomic mass is 32.2. The van der Waals surface area contributed by atoms with Crippen LogP contribution in [-0.4, -0.2) is 39.2 Å². The van der Waals surface area contributed by atoms with Gasteiger partial charge in [0.05, 0.1) is 11.3 Å². The maximum absolute atomic E-state index is 12.0. The van der Waals surface area contributed by atoms with Crippen molar-refractivity contribution in [3.05, 3.63) is 35.4 Å². The summed E-state index contributed by atoms with van der Waals surface area (Å²) in [4.78, 5) is 23.7. The standard InChI is InChI=1S/C16H23NO5S/c1-11(2)9-17-15(18)12(3)22-16(19)14-7-5-13(6-8-14)10-23(4,20)21/h5-8,11-12H,9-10H2,1-4H3,(H,17,18)/t12-/m0/s1. The van der Waals surface area contributed by atoms with Gasteiger partial charge >= 0.3 is 5.97 Å². The van der Waals surface area contributed by atoms with E-state index < -0.39 is 21.9 Å². The lowest BCUT2D eigenvalue weighted by atomic mass is 10.1. The highest BCUT2D eigenvalue weighted by Gasteiger charge is 2.19. The molecule has 0 aliphatic carbocycles. The summed E-state index contributed by atoms with van der Waals surface area (Å²) < 4.78 is 27.5. The summed E-state index contributed by atoms with van der Waals surface area (Å²) >= 11 is 0. The van der Waals surface area contributed by atoms with E-state index in [2.05, 4.69) is 5.32 Å². The van der Waals surface area contributed by atoms with E-state index in [0.717, 1.165) is 6.26 Å². The van der Waals surface area contributed by atoms with Crippen LogP contribution >= 0.6 is 0 Å². The Morgan fingerprint density at radius 1 is 1.13 bits per heavy atom. The number of ether oxygens (including phenoxy) is 1. The molecule has 1 amide bonds. The van der Waals surface area contributed by atoms with E-state index in [9.17, 15) is 18.0 Å². The van der Waals surface area contributed by atoms with E-state index in [4.69, 9.17) is 4.74 Å². The fraction of sp³-hybridized carbons (Fsp3) is 0.500. The Morgan fingerprint density at radius 2 is 1.70 bits per heavy atom. The molecule has 0 saturated carbocycles. The van der Waals surface area contributed by atoms with Gasteiger partial charge in [-0.1, -0.05) is 26.0 Å². The zero-order chi connectivity index (χ0) is 17.6. The second-order valence-corrected chi connectivity index (χ2v) is 8.09. The number of benzene rings is 1. The molecule has 0 aromatic heterocycles. The first-order chi connectivity index (χ1) is 10.6. The van der Waals surface area contributed by atoms with Gasteiger partial charge in [0.1, 0.15) is 0 Å². The maximum atomic E-state index is 12.0. The molecule has 0 bridgehead atoms. The van der Waals surface area contributed by atoms with E-state index in [-0.39, 0.29) is 17.2 Å². The molecule has 6 nitrogen and oxygen atoms in total. The Bertz CT molecular complexity index is 650. The number of carbonyl (C=O) groups is 2. The van der Waals surface area contributed by atoms with Crippen molar-refractivity contribution in [2.45, 2.75) is 32.6 Å². The molecule has 7 heteroatoms. The molecule has 0 aliphatic rings. The number of hydrogen-bond donors (Lipinski definition) is 1. The van der Waals surface area contributed by atoms with Gasteiger partial charge in [-0.3, -0.25) is 4.79 Å². The van der Waals surface area contributed by atoms with Crippen LogP contribution in [0.1, 0.15) is 36.7 Å². The van der Waals surface area contributed by atoms with Crippen LogP contribution in [0.5, 0.6) is 0 Å². The summed E-state index contributed by atoms with van der Waals surface area (Å²) in [6.07, 6.45) is 0.254. The highest BCUT2D eigenvalue weighted by Crippen LogP contribution is 2.10. The second-order valence-electron chi connectivity index (χ2n) is 5.95. The Hall–Kier alpha value is -1.89. The maximum Gasteiger partial charge on any atom is 0.338 e. The third kappa shape index (κ3) is 7.27. The van der Waals surface area contributed by atoms with E-state index >= 15 is 0 Å². The number of amides is 1. The minimum Gasteiger partial charge on any atom is -0.449 e. The number of esters is 1. The predicted molar refractivity (Wildman–Crippen MR) is 87.7 cm³/mol. The molecule has 0 heterocycles. The van der Waals surface area contributed by atoms with Crippen molar-refractivity contribution < 1.29 is 22.7 Å². The molecule has 0 aliphatic heterocycles. The number of hydrogen-bond acceptors (Lipinski definition) is 5. The van der Waals surface area contributed by atoms with Gasteiger partial charge in [0.15, 0.2) is 15.9 Å². The molecule has 1 atom stereocenters. The zero-order valence-corrected chi connectivity index (χ0v) is 14.6. The molecule has 1 aromatic rings. The van der Waals surface area contributed by atoms with Gasteiger partial charge in [0, 0.05) is 12.8 Å². The van der Waals surface area contributed by atoms with Gasteiger partial charge in [-0.15, -0.1) is 0 Å². The van der Waals surface area contributed by atoms with Crippen molar-refractivity contribution in [1.29, 1.82) is 0 Å². The van der Waals surface area contributed by atoms with Crippen molar-refractivity contribution >= 4 is 21.7 Å². The van der Waals surface area contributed by atoms with Crippen LogP contribution in [0.3, 0.4) is 0 Å². The molecule has 0 unspecified atom stereocenters. The highest BCUT2D eigenvalue weighted by molar-refractivity contribution is 7.89. The van der Waals surface area contributed by atoms with Crippen molar-refractivity contribution in [3.8, 4) is 0 Å². The molecular formula is C16H23NO5S. The molecular weight excluding hydrogens is 318 g/mol. The van der Waals surface area contributed by atoms with Gasteiger partial charge in [-0.25, -0.2) is 13.2 Å². The summed E-state index contributed by atoms with van der Waals surface area (Å²) in [6, 6.07) is 6.09. The summed E-state index contributed by atoms with van der Waals surface area (Å²) in [5, 5.41) is 2.69. The Kier molecular flexibility index (Phi) is 6.75. The summed E-state index contributed by atoms with van der Waals surface area (Å²) in [7, 11) is -3.12. The van der Waals surface area contributed by atoms with Crippen molar-refractivity contribution in [2.75, 3.05) is 12.8 Å². The quantitative estimate of drug-likeness (QED) is 0.760. The summed E-state index contributed by atoms with van der Waals surface area (Å²) in [5.74, 6) is -0.746. The van der Waals surface area contributed by atoms with Gasteiger partial charge in [0.2, 0.25) is 0 Å². The van der Waals surface area contributed by atoms with Crippen LogP contribution in [-0.2, 0) is 25.1 Å².